The summed E-state index contributed by atoms with van der Waals surface area (Å²) < 4.78 is 1.02. The lowest BCUT2D eigenvalue weighted by Crippen LogP contribution is -2.26. The van der Waals surface area contributed by atoms with Gasteiger partial charge in [0.25, 0.3) is 0 Å². The summed E-state index contributed by atoms with van der Waals surface area (Å²) in [6, 6.07) is 12.6. The normalized spacial score (nSPS) is 10.5. The van der Waals surface area contributed by atoms with Crippen LogP contribution in [0.5, 0.6) is 0 Å². The number of pyridine rings is 1. The minimum absolute atomic E-state index is 0.877. The highest BCUT2D eigenvalue weighted by molar-refractivity contribution is 9.10. The molecule has 0 aliphatic heterocycles. The topological polar surface area (TPSA) is 16.1 Å². The van der Waals surface area contributed by atoms with Gasteiger partial charge in [-0.05, 0) is 40.0 Å². The van der Waals surface area contributed by atoms with Crippen LogP contribution in [-0.2, 0) is 6.54 Å². The van der Waals surface area contributed by atoms with Gasteiger partial charge in [-0.25, -0.2) is 4.98 Å². The Kier molecular flexibility index (Phi) is 5.40. The Morgan fingerprint density at radius 1 is 1.21 bits per heavy atom. The highest BCUT2D eigenvalue weighted by Gasteiger charge is 2.11. The van der Waals surface area contributed by atoms with Gasteiger partial charge in [0.2, 0.25) is 0 Å². The number of benzene rings is 1. The van der Waals surface area contributed by atoms with E-state index < -0.39 is 0 Å². The van der Waals surface area contributed by atoms with Crippen LogP contribution in [0.15, 0.2) is 47.1 Å². The van der Waals surface area contributed by atoms with E-state index in [0.717, 1.165) is 28.7 Å². The Balaban J connectivity index is 2.24. The number of hydrogen-bond donors (Lipinski definition) is 0. The van der Waals surface area contributed by atoms with E-state index in [1.807, 2.05) is 12.3 Å². The summed E-state index contributed by atoms with van der Waals surface area (Å²) >= 11 is 6.98. The van der Waals surface area contributed by atoms with E-state index in [2.05, 4.69) is 79.0 Å². The quantitative estimate of drug-likeness (QED) is 0.704. The van der Waals surface area contributed by atoms with E-state index in [-0.39, 0.29) is 0 Å². The number of hydrogen-bond acceptors (Lipinski definition) is 2. The van der Waals surface area contributed by atoms with Gasteiger partial charge in [-0.1, -0.05) is 46.3 Å². The van der Waals surface area contributed by atoms with Gasteiger partial charge in [0.05, 0.1) is 0 Å². The molecule has 2 rings (SSSR count). The molecule has 100 valence electrons. The van der Waals surface area contributed by atoms with Gasteiger partial charge < -0.3 is 4.90 Å². The molecule has 0 amide bonds. The molecule has 1 aromatic heterocycles. The maximum atomic E-state index is 4.55. The third-order valence-corrected chi connectivity index (χ3v) is 3.68. The van der Waals surface area contributed by atoms with E-state index in [9.17, 15) is 0 Å². The fourth-order valence-corrected chi connectivity index (χ4v) is 2.90. The van der Waals surface area contributed by atoms with Gasteiger partial charge in [-0.3, -0.25) is 0 Å². The van der Waals surface area contributed by atoms with Crippen molar-refractivity contribution in [1.82, 2.24) is 4.98 Å². The molecule has 4 heteroatoms. The number of nitrogens with zero attached hydrogens (tertiary/aromatic N) is 2. The summed E-state index contributed by atoms with van der Waals surface area (Å²) in [5, 5.41) is 0.928. The van der Waals surface area contributed by atoms with Gasteiger partial charge in [-0.2, -0.15) is 0 Å². The predicted molar refractivity (Wildman–Crippen MR) is 88.0 cm³/mol. The fraction of sp³-hybridized carbons (Fsp3) is 0.267. The molecule has 0 aliphatic rings. The lowest BCUT2D eigenvalue weighted by atomic mass is 10.2. The number of anilines is 1. The lowest BCUT2D eigenvalue weighted by Gasteiger charge is -2.24. The minimum Gasteiger partial charge on any atom is -0.351 e. The molecule has 1 aromatic carbocycles. The van der Waals surface area contributed by atoms with Crippen LogP contribution in [0.3, 0.4) is 0 Å². The maximum Gasteiger partial charge on any atom is 0.131 e. The molecule has 0 aliphatic carbocycles. The highest BCUT2D eigenvalue weighted by Crippen LogP contribution is 2.22. The molecule has 2 nitrogen and oxygen atoms in total. The number of halogens is 2. The van der Waals surface area contributed by atoms with Crippen LogP contribution in [0, 0.1) is 6.92 Å². The molecule has 0 saturated carbocycles. The number of aromatic nitrogens is 1. The number of aryl methyl sites for hydroxylation is 1. The second-order valence-electron chi connectivity index (χ2n) is 4.39. The Hall–Kier alpha value is -0.870. The summed E-state index contributed by atoms with van der Waals surface area (Å²) in [5.41, 5.74) is 2.49. The standard InChI is InChI=1S/C15H16Br2N2/c1-12-9-14(17)10-18-15(12)19(8-7-16)11-13-5-3-2-4-6-13/h2-6,9-10H,7-8,11H2,1H3. The van der Waals surface area contributed by atoms with Gasteiger partial charge in [0.15, 0.2) is 0 Å². The second-order valence-corrected chi connectivity index (χ2v) is 6.10. The van der Waals surface area contributed by atoms with Crippen LogP contribution >= 0.6 is 31.9 Å². The summed E-state index contributed by atoms with van der Waals surface area (Å²) in [5.74, 6) is 1.05. The molecule has 0 N–H and O–H groups in total. The smallest absolute Gasteiger partial charge is 0.131 e. The van der Waals surface area contributed by atoms with Crippen LogP contribution in [0.4, 0.5) is 5.82 Å². The predicted octanol–water partition coefficient (Wildman–Crippen LogP) is 4.55. The van der Waals surface area contributed by atoms with E-state index in [0.29, 0.717) is 0 Å². The molecule has 19 heavy (non-hydrogen) atoms. The van der Waals surface area contributed by atoms with Crippen LogP contribution in [-0.4, -0.2) is 16.9 Å². The van der Waals surface area contributed by atoms with E-state index in [1.54, 1.807) is 0 Å². The molecule has 0 radical (unpaired) electrons. The van der Waals surface area contributed by atoms with Crippen molar-refractivity contribution in [3.8, 4) is 0 Å². The lowest BCUT2D eigenvalue weighted by molar-refractivity contribution is 0.815. The highest BCUT2D eigenvalue weighted by atomic mass is 79.9. The Morgan fingerprint density at radius 2 is 1.95 bits per heavy atom. The first-order valence-electron chi connectivity index (χ1n) is 6.17. The summed E-state index contributed by atoms with van der Waals surface area (Å²) in [7, 11) is 0. The van der Waals surface area contributed by atoms with E-state index in [4.69, 9.17) is 0 Å². The van der Waals surface area contributed by atoms with Crippen molar-refractivity contribution < 1.29 is 0 Å². The van der Waals surface area contributed by atoms with Crippen molar-refractivity contribution in [1.29, 1.82) is 0 Å². The van der Waals surface area contributed by atoms with E-state index in [1.165, 1.54) is 11.1 Å². The van der Waals surface area contributed by atoms with Gasteiger partial charge in [-0.15, -0.1) is 0 Å². The van der Waals surface area contributed by atoms with Gasteiger partial charge in [0, 0.05) is 29.1 Å². The second kappa shape index (κ2) is 7.06. The molecular weight excluding hydrogens is 368 g/mol. The monoisotopic (exact) mass is 382 g/mol. The van der Waals surface area contributed by atoms with Crippen LogP contribution in [0.2, 0.25) is 0 Å². The molecular formula is C15H16Br2N2. The average molecular weight is 384 g/mol. The molecule has 1 heterocycles. The third kappa shape index (κ3) is 4.05. The molecule has 0 atom stereocenters. The molecule has 0 unspecified atom stereocenters. The Morgan fingerprint density at radius 3 is 2.58 bits per heavy atom. The summed E-state index contributed by atoms with van der Waals surface area (Å²) in [6.45, 7) is 3.91. The Labute approximate surface area is 131 Å². The van der Waals surface area contributed by atoms with Crippen LogP contribution < -0.4 is 4.90 Å². The van der Waals surface area contributed by atoms with Gasteiger partial charge >= 0.3 is 0 Å². The maximum absolute atomic E-state index is 4.55. The first-order chi connectivity index (χ1) is 9.20. The summed E-state index contributed by atoms with van der Waals surface area (Å²) in [6.07, 6.45) is 1.86. The van der Waals surface area contributed by atoms with Crippen molar-refractivity contribution in [2.24, 2.45) is 0 Å². The summed E-state index contributed by atoms with van der Waals surface area (Å²) in [4.78, 5) is 6.85. The van der Waals surface area contributed by atoms with Crippen molar-refractivity contribution in [3.05, 3.63) is 58.2 Å². The zero-order valence-corrected chi connectivity index (χ0v) is 14.0. The van der Waals surface area contributed by atoms with Crippen molar-refractivity contribution in [3.63, 3.8) is 0 Å². The molecule has 0 spiro atoms. The fourth-order valence-electron chi connectivity index (χ4n) is 2.03. The van der Waals surface area contributed by atoms with Crippen molar-refractivity contribution >= 4 is 37.7 Å². The van der Waals surface area contributed by atoms with Crippen LogP contribution in [0.1, 0.15) is 11.1 Å². The first-order valence-corrected chi connectivity index (χ1v) is 8.09. The average Bonchev–Trinajstić information content (AvgIpc) is 2.39. The first kappa shape index (κ1) is 14.5. The SMILES string of the molecule is Cc1cc(Br)cnc1N(CCBr)Cc1ccccc1. The Bertz CT molecular complexity index is 529. The zero-order valence-electron chi connectivity index (χ0n) is 10.8. The zero-order chi connectivity index (χ0) is 13.7. The van der Waals surface area contributed by atoms with E-state index >= 15 is 0 Å². The molecule has 0 saturated heterocycles. The number of alkyl halides is 1. The molecule has 0 fully saturated rings. The van der Waals surface area contributed by atoms with Crippen molar-refractivity contribution in [2.45, 2.75) is 13.5 Å². The number of rotatable bonds is 5. The molecule has 2 aromatic rings. The largest absolute Gasteiger partial charge is 0.351 e. The van der Waals surface area contributed by atoms with Crippen molar-refractivity contribution in [2.75, 3.05) is 16.8 Å². The third-order valence-electron chi connectivity index (χ3n) is 2.89. The molecule has 0 bridgehead atoms. The van der Waals surface area contributed by atoms with Crippen LogP contribution in [0.25, 0.3) is 0 Å². The van der Waals surface area contributed by atoms with Gasteiger partial charge in [0.1, 0.15) is 5.82 Å². The minimum atomic E-state index is 0.877.